The summed E-state index contributed by atoms with van der Waals surface area (Å²) >= 11 is 0. The number of rotatable bonds is 5. The Bertz CT molecular complexity index is 542. The minimum atomic E-state index is -0.0185. The summed E-state index contributed by atoms with van der Waals surface area (Å²) in [4.78, 5) is 28.4. The summed E-state index contributed by atoms with van der Waals surface area (Å²) in [5, 5.41) is 2.91. The second-order valence-corrected chi connectivity index (χ2v) is 6.31. The number of carbonyl (C=O) groups is 2. The lowest BCUT2D eigenvalue weighted by Gasteiger charge is -2.22. The molecule has 1 aliphatic rings. The van der Waals surface area contributed by atoms with E-state index in [2.05, 4.69) is 12.2 Å². The molecule has 2 rings (SSSR count). The van der Waals surface area contributed by atoms with E-state index in [-0.39, 0.29) is 11.9 Å². The lowest BCUT2D eigenvalue weighted by Crippen LogP contribution is -2.42. The highest BCUT2D eigenvalue weighted by Gasteiger charge is 2.22. The molecule has 132 valence electrons. The summed E-state index contributed by atoms with van der Waals surface area (Å²) in [6.45, 7) is 7.47. The molecule has 0 atom stereocenters. The third kappa shape index (κ3) is 4.98. The van der Waals surface area contributed by atoms with Crippen LogP contribution in [0.3, 0.4) is 0 Å². The van der Waals surface area contributed by atoms with Crippen molar-refractivity contribution in [3.8, 4) is 0 Å². The fourth-order valence-electron chi connectivity index (χ4n) is 2.95. The standard InChI is InChI=1S/C19H29N3O2/c1-3-6-16-7-9-17(10-8-16)18(23)21-12-5-13-22(15-14-21)19(24)20-11-4-2/h7-10H,3-6,11-15H2,1-2H3,(H,20,24). The van der Waals surface area contributed by atoms with Crippen molar-refractivity contribution >= 4 is 11.9 Å². The van der Waals surface area contributed by atoms with Crippen LogP contribution in [0.2, 0.25) is 0 Å². The SMILES string of the molecule is CCCNC(=O)N1CCCN(C(=O)c2ccc(CCC)cc2)CC1. The van der Waals surface area contributed by atoms with Gasteiger partial charge in [0.05, 0.1) is 0 Å². The van der Waals surface area contributed by atoms with E-state index in [1.165, 1.54) is 5.56 Å². The van der Waals surface area contributed by atoms with Crippen molar-refractivity contribution < 1.29 is 9.59 Å². The van der Waals surface area contributed by atoms with E-state index >= 15 is 0 Å². The molecule has 1 aliphatic heterocycles. The highest BCUT2D eigenvalue weighted by molar-refractivity contribution is 5.94. The van der Waals surface area contributed by atoms with E-state index in [9.17, 15) is 9.59 Å². The number of amides is 3. The highest BCUT2D eigenvalue weighted by Crippen LogP contribution is 2.12. The predicted octanol–water partition coefficient (Wildman–Crippen LogP) is 2.91. The largest absolute Gasteiger partial charge is 0.338 e. The summed E-state index contributed by atoms with van der Waals surface area (Å²) in [6, 6.07) is 7.90. The minimum Gasteiger partial charge on any atom is -0.338 e. The van der Waals surface area contributed by atoms with Gasteiger partial charge in [0.1, 0.15) is 0 Å². The van der Waals surface area contributed by atoms with Gasteiger partial charge in [-0.3, -0.25) is 4.79 Å². The van der Waals surface area contributed by atoms with Crippen molar-refractivity contribution in [2.45, 2.75) is 39.5 Å². The number of nitrogens with one attached hydrogen (secondary N) is 1. The average molecular weight is 331 g/mol. The number of benzene rings is 1. The molecule has 0 radical (unpaired) electrons. The maximum atomic E-state index is 12.7. The van der Waals surface area contributed by atoms with Gasteiger partial charge < -0.3 is 15.1 Å². The Hall–Kier alpha value is -2.04. The van der Waals surface area contributed by atoms with E-state index < -0.39 is 0 Å². The van der Waals surface area contributed by atoms with Crippen LogP contribution < -0.4 is 5.32 Å². The molecular weight excluding hydrogens is 302 g/mol. The van der Waals surface area contributed by atoms with Crippen molar-refractivity contribution in [2.75, 3.05) is 32.7 Å². The number of nitrogens with zero attached hydrogens (tertiary/aromatic N) is 2. The number of hydrogen-bond acceptors (Lipinski definition) is 2. The Morgan fingerprint density at radius 3 is 2.29 bits per heavy atom. The van der Waals surface area contributed by atoms with Gasteiger partial charge in [0.2, 0.25) is 0 Å². The van der Waals surface area contributed by atoms with Crippen molar-refractivity contribution in [3.05, 3.63) is 35.4 Å². The maximum absolute atomic E-state index is 12.7. The summed E-state index contributed by atoms with van der Waals surface area (Å²) in [6.07, 6.45) is 3.90. The van der Waals surface area contributed by atoms with Crippen molar-refractivity contribution in [3.63, 3.8) is 0 Å². The summed E-state index contributed by atoms with van der Waals surface area (Å²) in [5.41, 5.74) is 2.00. The van der Waals surface area contributed by atoms with Gasteiger partial charge in [-0.05, 0) is 37.0 Å². The lowest BCUT2D eigenvalue weighted by atomic mass is 10.1. The summed E-state index contributed by atoms with van der Waals surface area (Å²) in [5.74, 6) is 0.0638. The second-order valence-electron chi connectivity index (χ2n) is 6.31. The molecule has 0 aromatic heterocycles. The van der Waals surface area contributed by atoms with Crippen LogP contribution in [0.25, 0.3) is 0 Å². The van der Waals surface area contributed by atoms with Crippen LogP contribution in [-0.4, -0.2) is 54.5 Å². The van der Waals surface area contributed by atoms with Gasteiger partial charge in [-0.2, -0.15) is 0 Å². The molecule has 24 heavy (non-hydrogen) atoms. The van der Waals surface area contributed by atoms with Crippen LogP contribution in [-0.2, 0) is 6.42 Å². The Kier molecular flexibility index (Phi) is 7.09. The molecule has 0 bridgehead atoms. The van der Waals surface area contributed by atoms with Gasteiger partial charge in [0, 0.05) is 38.3 Å². The second kappa shape index (κ2) is 9.30. The molecule has 1 aromatic carbocycles. The number of urea groups is 1. The molecule has 0 aliphatic carbocycles. The first kappa shape index (κ1) is 18.3. The van der Waals surface area contributed by atoms with Gasteiger partial charge in [0.15, 0.2) is 0 Å². The van der Waals surface area contributed by atoms with Gasteiger partial charge in [0.25, 0.3) is 5.91 Å². The first-order chi connectivity index (χ1) is 11.7. The summed E-state index contributed by atoms with van der Waals surface area (Å²) < 4.78 is 0. The molecule has 5 heteroatoms. The Balaban J connectivity index is 1.92. The van der Waals surface area contributed by atoms with Crippen LogP contribution in [0.4, 0.5) is 4.79 Å². The Morgan fingerprint density at radius 2 is 1.62 bits per heavy atom. The lowest BCUT2D eigenvalue weighted by molar-refractivity contribution is 0.0762. The molecule has 0 unspecified atom stereocenters. The van der Waals surface area contributed by atoms with Crippen LogP contribution >= 0.6 is 0 Å². The Morgan fingerprint density at radius 1 is 0.958 bits per heavy atom. The third-order valence-corrected chi connectivity index (χ3v) is 4.34. The highest BCUT2D eigenvalue weighted by atomic mass is 16.2. The zero-order chi connectivity index (χ0) is 17.4. The van der Waals surface area contributed by atoms with Gasteiger partial charge in [-0.15, -0.1) is 0 Å². The molecular formula is C19H29N3O2. The fraction of sp³-hybridized carbons (Fsp3) is 0.579. The maximum Gasteiger partial charge on any atom is 0.317 e. The van der Waals surface area contributed by atoms with Gasteiger partial charge in [-0.25, -0.2) is 4.79 Å². The molecule has 1 N–H and O–H groups in total. The van der Waals surface area contributed by atoms with E-state index in [0.717, 1.165) is 31.2 Å². The molecule has 1 heterocycles. The molecule has 3 amide bonds. The normalized spacial score (nSPS) is 15.1. The van der Waals surface area contributed by atoms with Crippen LogP contribution in [0.15, 0.2) is 24.3 Å². The summed E-state index contributed by atoms with van der Waals surface area (Å²) in [7, 11) is 0. The molecule has 1 fully saturated rings. The minimum absolute atomic E-state index is 0.0185. The molecule has 0 spiro atoms. The van der Waals surface area contributed by atoms with E-state index in [1.807, 2.05) is 41.0 Å². The van der Waals surface area contributed by atoms with E-state index in [0.29, 0.717) is 32.7 Å². The smallest absolute Gasteiger partial charge is 0.317 e. The van der Waals surface area contributed by atoms with E-state index in [1.54, 1.807) is 0 Å². The molecule has 1 aromatic rings. The molecule has 5 nitrogen and oxygen atoms in total. The monoisotopic (exact) mass is 331 g/mol. The first-order valence-corrected chi connectivity index (χ1v) is 9.06. The molecule has 1 saturated heterocycles. The first-order valence-electron chi connectivity index (χ1n) is 9.06. The van der Waals surface area contributed by atoms with Gasteiger partial charge >= 0.3 is 6.03 Å². The van der Waals surface area contributed by atoms with Crippen molar-refractivity contribution in [2.24, 2.45) is 0 Å². The zero-order valence-electron chi connectivity index (χ0n) is 14.9. The average Bonchev–Trinajstić information content (AvgIpc) is 2.86. The van der Waals surface area contributed by atoms with Crippen molar-refractivity contribution in [1.82, 2.24) is 15.1 Å². The topological polar surface area (TPSA) is 52.7 Å². The zero-order valence-corrected chi connectivity index (χ0v) is 14.9. The Labute approximate surface area is 145 Å². The van der Waals surface area contributed by atoms with Crippen LogP contribution in [0, 0.1) is 0 Å². The van der Waals surface area contributed by atoms with Crippen LogP contribution in [0.1, 0.15) is 49.0 Å². The fourth-order valence-corrected chi connectivity index (χ4v) is 2.95. The number of aryl methyl sites for hydroxylation is 1. The number of carbonyl (C=O) groups excluding carboxylic acids is 2. The van der Waals surface area contributed by atoms with E-state index in [4.69, 9.17) is 0 Å². The van der Waals surface area contributed by atoms with Gasteiger partial charge in [-0.1, -0.05) is 32.4 Å². The van der Waals surface area contributed by atoms with Crippen LogP contribution in [0.5, 0.6) is 0 Å². The molecule has 0 saturated carbocycles. The number of hydrogen-bond donors (Lipinski definition) is 1. The predicted molar refractivity (Wildman–Crippen MR) is 96.2 cm³/mol. The van der Waals surface area contributed by atoms with Crippen molar-refractivity contribution in [1.29, 1.82) is 0 Å². The quantitative estimate of drug-likeness (QED) is 0.902. The third-order valence-electron chi connectivity index (χ3n) is 4.34.